The summed E-state index contributed by atoms with van der Waals surface area (Å²) in [6.45, 7) is 0. The van der Waals surface area contributed by atoms with Crippen molar-refractivity contribution in [2.24, 2.45) is 0 Å². The van der Waals surface area contributed by atoms with Crippen molar-refractivity contribution < 1.29 is 0 Å². The summed E-state index contributed by atoms with van der Waals surface area (Å²) < 4.78 is 4.83. The van der Waals surface area contributed by atoms with Crippen molar-refractivity contribution in [2.75, 3.05) is 4.90 Å². The Kier molecular flexibility index (Phi) is 7.91. The average Bonchev–Trinajstić information content (AvgIpc) is 4.01. The van der Waals surface area contributed by atoms with Gasteiger partial charge in [-0.05, 0) is 112 Å². The Morgan fingerprint density at radius 2 is 0.762 bits per heavy atom. The zero-order valence-electron chi connectivity index (χ0n) is 34.4. The smallest absolute Gasteiger partial charge is 0.0620 e. The number of fused-ring (bicyclic) bond motifs is 9. The van der Waals surface area contributed by atoms with E-state index >= 15 is 0 Å². The maximum Gasteiger partial charge on any atom is 0.0620 e. The molecule has 3 aromatic heterocycles. The predicted molar refractivity (Wildman–Crippen MR) is 266 cm³/mol. The van der Waals surface area contributed by atoms with Crippen molar-refractivity contribution >= 4 is 77.0 Å². The molecule has 13 rings (SSSR count). The molecule has 0 atom stereocenters. The van der Waals surface area contributed by atoms with Crippen molar-refractivity contribution in [2.45, 2.75) is 0 Å². The van der Waals surface area contributed by atoms with Crippen LogP contribution in [0.4, 0.5) is 17.1 Å². The van der Waals surface area contributed by atoms with E-state index in [1.165, 1.54) is 93.3 Å². The summed E-state index contributed by atoms with van der Waals surface area (Å²) in [7, 11) is 0. The number of anilines is 3. The monoisotopic (exact) mass is 801 g/mol. The molecule has 0 bridgehead atoms. The van der Waals surface area contributed by atoms with Crippen molar-refractivity contribution in [1.82, 2.24) is 8.97 Å². The Morgan fingerprint density at radius 3 is 1.46 bits per heavy atom. The summed E-state index contributed by atoms with van der Waals surface area (Å²) >= 11 is 0. The third-order valence-electron chi connectivity index (χ3n) is 13.1. The zero-order chi connectivity index (χ0) is 41.4. The van der Waals surface area contributed by atoms with Crippen LogP contribution in [0, 0.1) is 0 Å². The van der Waals surface area contributed by atoms with Crippen LogP contribution >= 0.6 is 0 Å². The number of aromatic nitrogens is 2. The lowest BCUT2D eigenvalue weighted by molar-refractivity contribution is 1.18. The fraction of sp³-hybridized carbons (Fsp3) is 0. The molecule has 63 heavy (non-hydrogen) atoms. The molecule has 0 radical (unpaired) electrons. The summed E-state index contributed by atoms with van der Waals surface area (Å²) in [5, 5.41) is 7.70. The maximum absolute atomic E-state index is 2.44. The van der Waals surface area contributed by atoms with Crippen LogP contribution in [0.1, 0.15) is 0 Å². The van der Waals surface area contributed by atoms with Crippen molar-refractivity contribution in [3.8, 4) is 39.1 Å². The summed E-state index contributed by atoms with van der Waals surface area (Å²) in [5.74, 6) is 0. The largest absolute Gasteiger partial charge is 0.311 e. The van der Waals surface area contributed by atoms with Gasteiger partial charge in [0, 0.05) is 55.1 Å². The van der Waals surface area contributed by atoms with E-state index in [0.29, 0.717) is 0 Å². The minimum atomic E-state index is 1.10. The van der Waals surface area contributed by atoms with Gasteiger partial charge in [-0.2, -0.15) is 0 Å². The maximum atomic E-state index is 2.44. The highest BCUT2D eigenvalue weighted by molar-refractivity contribution is 6.23. The molecule has 3 nitrogen and oxygen atoms in total. The summed E-state index contributed by atoms with van der Waals surface area (Å²) in [6, 6.07) is 86.2. The molecule has 10 aromatic carbocycles. The SMILES string of the molecule is c1ccc(-c2ccc(N(c3ccc(-c4ccc5c(c4)c4cccc6c7ccccc7n5c64)cc3)c3ccc(-c4cccc5c4c4ccccc4n5-c4ccccc4)cc3)cc2)cc1. The number of benzene rings is 10. The van der Waals surface area contributed by atoms with Crippen LogP contribution in [0.2, 0.25) is 0 Å². The van der Waals surface area contributed by atoms with E-state index in [-0.39, 0.29) is 0 Å². The van der Waals surface area contributed by atoms with Crippen LogP contribution in [0.3, 0.4) is 0 Å². The number of nitrogens with zero attached hydrogens (tertiary/aromatic N) is 3. The van der Waals surface area contributed by atoms with Crippen LogP contribution in [-0.4, -0.2) is 8.97 Å². The average molecular weight is 802 g/mol. The van der Waals surface area contributed by atoms with Gasteiger partial charge in [-0.15, -0.1) is 0 Å². The quantitative estimate of drug-likeness (QED) is 0.156. The highest BCUT2D eigenvalue weighted by atomic mass is 15.1. The van der Waals surface area contributed by atoms with Crippen LogP contribution in [0.5, 0.6) is 0 Å². The van der Waals surface area contributed by atoms with Crippen LogP contribution in [0.15, 0.2) is 237 Å². The Labute approximate surface area is 364 Å². The lowest BCUT2D eigenvalue weighted by Gasteiger charge is -2.26. The molecule has 0 saturated carbocycles. The molecule has 0 unspecified atom stereocenters. The molecular weight excluding hydrogens is 763 g/mol. The molecule has 13 aromatic rings. The number of rotatable bonds is 7. The third-order valence-corrected chi connectivity index (χ3v) is 13.1. The number of hydrogen-bond acceptors (Lipinski definition) is 1. The Bertz CT molecular complexity index is 3800. The van der Waals surface area contributed by atoms with Crippen molar-refractivity contribution in [3.63, 3.8) is 0 Å². The standard InChI is InChI=1S/C60H39N3/c1-3-13-40(14-4-1)41-25-32-46(33-26-41)61(48-36-29-43(30-37-48)49-19-12-24-58-59(49)53-18-8-10-23-56(53)62(58)45-15-5-2-6-16-45)47-34-27-42(28-35-47)44-31-38-57-54(39-44)52-21-11-20-51-50-17-7-9-22-55(50)63(57)60(51)52/h1-39H. The topological polar surface area (TPSA) is 12.6 Å². The first-order chi connectivity index (χ1) is 31.3. The van der Waals surface area contributed by atoms with Gasteiger partial charge in [0.15, 0.2) is 0 Å². The van der Waals surface area contributed by atoms with E-state index in [2.05, 4.69) is 250 Å². The van der Waals surface area contributed by atoms with Gasteiger partial charge >= 0.3 is 0 Å². The molecule has 3 heterocycles. The first-order valence-electron chi connectivity index (χ1n) is 21.7. The molecule has 0 fully saturated rings. The van der Waals surface area contributed by atoms with E-state index in [1.54, 1.807) is 0 Å². The van der Waals surface area contributed by atoms with E-state index < -0.39 is 0 Å². The molecule has 0 aliphatic heterocycles. The van der Waals surface area contributed by atoms with Gasteiger partial charge in [0.2, 0.25) is 0 Å². The molecular formula is C60H39N3. The molecule has 294 valence electrons. The van der Waals surface area contributed by atoms with E-state index in [9.17, 15) is 0 Å². The minimum Gasteiger partial charge on any atom is -0.311 e. The molecule has 3 heteroatoms. The Balaban J connectivity index is 0.904. The number of hydrogen-bond donors (Lipinski definition) is 0. The zero-order valence-corrected chi connectivity index (χ0v) is 34.4. The van der Waals surface area contributed by atoms with Gasteiger partial charge in [-0.3, -0.25) is 0 Å². The highest BCUT2D eigenvalue weighted by Gasteiger charge is 2.20. The van der Waals surface area contributed by atoms with E-state index in [0.717, 1.165) is 22.7 Å². The molecule has 0 amide bonds. The van der Waals surface area contributed by atoms with Gasteiger partial charge < -0.3 is 13.9 Å². The summed E-state index contributed by atoms with van der Waals surface area (Å²) in [5.41, 5.74) is 17.9. The molecule has 0 aliphatic carbocycles. The first kappa shape index (κ1) is 35.4. The van der Waals surface area contributed by atoms with Gasteiger partial charge in [0.25, 0.3) is 0 Å². The molecule has 0 aliphatic rings. The normalized spacial score (nSPS) is 11.8. The Hall–Kier alpha value is -8.40. The van der Waals surface area contributed by atoms with Crippen molar-refractivity contribution in [3.05, 3.63) is 237 Å². The summed E-state index contributed by atoms with van der Waals surface area (Å²) in [6.07, 6.45) is 0. The lowest BCUT2D eigenvalue weighted by atomic mass is 9.98. The van der Waals surface area contributed by atoms with Gasteiger partial charge in [0.1, 0.15) is 0 Å². The second-order valence-corrected chi connectivity index (χ2v) is 16.5. The predicted octanol–water partition coefficient (Wildman–Crippen LogP) is 16.4. The van der Waals surface area contributed by atoms with Gasteiger partial charge in [-0.25, -0.2) is 0 Å². The minimum absolute atomic E-state index is 1.10. The van der Waals surface area contributed by atoms with Crippen LogP contribution < -0.4 is 4.90 Å². The van der Waals surface area contributed by atoms with E-state index in [4.69, 9.17) is 0 Å². The van der Waals surface area contributed by atoms with Crippen LogP contribution in [0.25, 0.3) is 99.0 Å². The van der Waals surface area contributed by atoms with Crippen LogP contribution in [-0.2, 0) is 0 Å². The summed E-state index contributed by atoms with van der Waals surface area (Å²) in [4.78, 5) is 2.37. The molecule has 0 saturated heterocycles. The second-order valence-electron chi connectivity index (χ2n) is 16.5. The van der Waals surface area contributed by atoms with Crippen molar-refractivity contribution in [1.29, 1.82) is 0 Å². The lowest BCUT2D eigenvalue weighted by Crippen LogP contribution is -2.09. The second kappa shape index (κ2) is 14.1. The molecule has 0 spiro atoms. The highest BCUT2D eigenvalue weighted by Crippen LogP contribution is 2.43. The van der Waals surface area contributed by atoms with E-state index in [1.807, 2.05) is 0 Å². The van der Waals surface area contributed by atoms with Gasteiger partial charge in [0.05, 0.1) is 27.6 Å². The molecule has 0 N–H and O–H groups in total. The first-order valence-corrected chi connectivity index (χ1v) is 21.7. The Morgan fingerprint density at radius 1 is 0.286 bits per heavy atom. The fourth-order valence-electron chi connectivity index (χ4n) is 10.2. The third kappa shape index (κ3) is 5.53. The number of para-hydroxylation sites is 4. The fourth-order valence-corrected chi connectivity index (χ4v) is 10.2. The van der Waals surface area contributed by atoms with Gasteiger partial charge in [-0.1, -0.05) is 158 Å².